The Morgan fingerprint density at radius 1 is 0.727 bits per heavy atom. The molecule has 0 saturated carbocycles. The average Bonchev–Trinajstić information content (AvgIpc) is 3.19. The maximum Gasteiger partial charge on any atom is 0.323 e. The zero-order valence-electron chi connectivity index (χ0n) is 18.0. The molecule has 1 heterocycles. The second-order valence-electron chi connectivity index (χ2n) is 7.93. The molecule has 5 heteroatoms. The molecule has 0 unspecified atom stereocenters. The Morgan fingerprint density at radius 2 is 1.21 bits per heavy atom. The number of para-hydroxylation sites is 1. The van der Waals surface area contributed by atoms with Crippen LogP contribution in [0.2, 0.25) is 0 Å². The number of nitrogens with two attached hydrogens (primary N) is 1. The quantitative estimate of drug-likeness (QED) is 0.374. The lowest BCUT2D eigenvalue weighted by Gasteiger charge is -2.25. The molecular weight excluding hydrogens is 443 g/mol. The van der Waals surface area contributed by atoms with Crippen molar-refractivity contribution in [3.05, 3.63) is 127 Å². The lowest BCUT2D eigenvalue weighted by atomic mass is 10.1. The van der Waals surface area contributed by atoms with Crippen LogP contribution in [0.4, 0.5) is 4.79 Å². The van der Waals surface area contributed by atoms with Gasteiger partial charge in [-0.2, -0.15) is 0 Å². The van der Waals surface area contributed by atoms with Crippen molar-refractivity contribution in [1.29, 1.82) is 0 Å². The third kappa shape index (κ3) is 3.72. The van der Waals surface area contributed by atoms with Gasteiger partial charge in [0.05, 0.1) is 5.52 Å². The molecule has 0 saturated heterocycles. The highest BCUT2D eigenvalue weighted by Crippen LogP contribution is 2.47. The summed E-state index contributed by atoms with van der Waals surface area (Å²) in [4.78, 5) is 12.8. The van der Waals surface area contributed by atoms with Crippen LogP contribution in [0.1, 0.15) is 11.3 Å². The fourth-order valence-corrected chi connectivity index (χ4v) is 8.92. The number of hydrogen-bond donors (Lipinski definition) is 1. The van der Waals surface area contributed by atoms with Crippen molar-refractivity contribution in [2.45, 2.75) is 6.42 Å². The third-order valence-electron chi connectivity index (χ3n) is 5.93. The van der Waals surface area contributed by atoms with Crippen molar-refractivity contribution in [2.75, 3.05) is 0 Å². The molecule has 0 radical (unpaired) electrons. The SMILES string of the molecule is NC(=O)n1c(Cc2ccccc2)c(P(=S)(c2ccccc2)c2ccccc2)c2ccccc21. The molecule has 33 heavy (non-hydrogen) atoms. The second-order valence-corrected chi connectivity index (χ2v) is 12.3. The molecular formula is C28H23N2OPS. The van der Waals surface area contributed by atoms with Crippen molar-refractivity contribution in [3.63, 3.8) is 0 Å². The molecule has 0 bridgehead atoms. The molecule has 3 nitrogen and oxygen atoms in total. The van der Waals surface area contributed by atoms with E-state index in [0.29, 0.717) is 6.42 Å². The highest BCUT2D eigenvalue weighted by molar-refractivity contribution is 8.25. The molecule has 5 rings (SSSR count). The van der Waals surface area contributed by atoms with Crippen LogP contribution in [-0.2, 0) is 18.2 Å². The summed E-state index contributed by atoms with van der Waals surface area (Å²) >= 11 is 6.68. The Bertz CT molecular complexity index is 1430. The van der Waals surface area contributed by atoms with Gasteiger partial charge in [-0.1, -0.05) is 121 Å². The number of aromatic nitrogens is 1. The monoisotopic (exact) mass is 466 g/mol. The van der Waals surface area contributed by atoms with E-state index in [1.54, 1.807) is 4.57 Å². The van der Waals surface area contributed by atoms with Gasteiger partial charge < -0.3 is 5.73 Å². The fourth-order valence-electron chi connectivity index (χ4n) is 4.51. The Morgan fingerprint density at radius 3 is 1.76 bits per heavy atom. The normalized spacial score (nSPS) is 11.5. The van der Waals surface area contributed by atoms with E-state index >= 15 is 0 Å². The molecule has 0 aliphatic carbocycles. The summed E-state index contributed by atoms with van der Waals surface area (Å²) in [5.74, 6) is 0. The van der Waals surface area contributed by atoms with Crippen LogP contribution in [-0.4, -0.2) is 10.6 Å². The van der Waals surface area contributed by atoms with Gasteiger partial charge in [-0.05, 0) is 22.2 Å². The molecule has 4 aromatic carbocycles. The van der Waals surface area contributed by atoms with Gasteiger partial charge >= 0.3 is 6.03 Å². The number of carbonyl (C=O) groups excluding carboxylic acids is 1. The van der Waals surface area contributed by atoms with Crippen LogP contribution in [0.3, 0.4) is 0 Å². The maximum atomic E-state index is 12.8. The number of rotatable bonds is 5. The Labute approximate surface area is 198 Å². The first-order valence-electron chi connectivity index (χ1n) is 10.8. The fraction of sp³-hybridized carbons (Fsp3) is 0.0357. The van der Waals surface area contributed by atoms with Crippen molar-refractivity contribution in [2.24, 2.45) is 5.73 Å². The second kappa shape index (κ2) is 8.82. The van der Waals surface area contributed by atoms with Crippen molar-refractivity contribution >= 4 is 50.7 Å². The van der Waals surface area contributed by atoms with Gasteiger partial charge in [-0.25, -0.2) is 4.79 Å². The Balaban J connectivity index is 1.92. The van der Waals surface area contributed by atoms with Gasteiger partial charge in [0.15, 0.2) is 0 Å². The zero-order valence-corrected chi connectivity index (χ0v) is 19.7. The van der Waals surface area contributed by atoms with Gasteiger partial charge in [0.2, 0.25) is 0 Å². The van der Waals surface area contributed by atoms with E-state index in [0.717, 1.165) is 38.1 Å². The highest BCUT2D eigenvalue weighted by atomic mass is 32.4. The summed E-state index contributed by atoms with van der Waals surface area (Å²) in [5, 5.41) is 4.20. The van der Waals surface area contributed by atoms with Gasteiger partial charge in [0.25, 0.3) is 0 Å². The summed E-state index contributed by atoms with van der Waals surface area (Å²) in [6.07, 6.45) is 0.561. The number of nitrogens with zero attached hydrogens (tertiary/aromatic N) is 1. The van der Waals surface area contributed by atoms with Gasteiger partial charge in [0.1, 0.15) is 0 Å². The average molecular weight is 467 g/mol. The number of amides is 1. The lowest BCUT2D eigenvalue weighted by Crippen LogP contribution is -2.29. The van der Waals surface area contributed by atoms with Crippen LogP contribution in [0.5, 0.6) is 0 Å². The molecule has 0 spiro atoms. The first-order valence-corrected chi connectivity index (χ1v) is 13.6. The summed E-state index contributed by atoms with van der Waals surface area (Å²) in [5.41, 5.74) is 8.74. The van der Waals surface area contributed by atoms with Gasteiger partial charge in [0, 0.05) is 28.8 Å². The van der Waals surface area contributed by atoms with Gasteiger partial charge in [-0.15, -0.1) is 0 Å². The summed E-state index contributed by atoms with van der Waals surface area (Å²) < 4.78 is 1.66. The van der Waals surface area contributed by atoms with Crippen LogP contribution < -0.4 is 21.6 Å². The topological polar surface area (TPSA) is 48.0 Å². The first-order chi connectivity index (χ1) is 16.1. The molecule has 0 aliphatic heterocycles. The molecule has 5 aromatic rings. The molecule has 162 valence electrons. The van der Waals surface area contributed by atoms with Crippen LogP contribution in [0, 0.1) is 0 Å². The summed E-state index contributed by atoms with van der Waals surface area (Å²) in [7, 11) is 0. The molecule has 0 atom stereocenters. The van der Waals surface area contributed by atoms with E-state index in [4.69, 9.17) is 17.5 Å². The van der Waals surface area contributed by atoms with E-state index in [1.807, 2.05) is 72.8 Å². The molecule has 0 aliphatic rings. The minimum Gasteiger partial charge on any atom is -0.351 e. The molecule has 1 aromatic heterocycles. The zero-order chi connectivity index (χ0) is 22.8. The largest absolute Gasteiger partial charge is 0.351 e. The van der Waals surface area contributed by atoms with Crippen molar-refractivity contribution in [3.8, 4) is 0 Å². The molecule has 1 amide bonds. The number of carbonyl (C=O) groups is 1. The standard InChI is InChI=1S/C28H23N2OPS/c29-28(31)30-25-19-11-10-18-24(25)27(26(30)20-21-12-4-1-5-13-21)32(33,22-14-6-2-7-15-22)23-16-8-3-9-17-23/h1-19H,20H2,(H2,29,31). The van der Waals surface area contributed by atoms with E-state index < -0.39 is 12.1 Å². The molecule has 0 fully saturated rings. The van der Waals surface area contributed by atoms with Crippen molar-refractivity contribution in [1.82, 2.24) is 4.57 Å². The van der Waals surface area contributed by atoms with Crippen LogP contribution in [0.15, 0.2) is 115 Å². The highest BCUT2D eigenvalue weighted by Gasteiger charge is 2.33. The van der Waals surface area contributed by atoms with Crippen LogP contribution >= 0.6 is 6.04 Å². The predicted molar refractivity (Wildman–Crippen MR) is 142 cm³/mol. The smallest absolute Gasteiger partial charge is 0.323 e. The van der Waals surface area contributed by atoms with Crippen molar-refractivity contribution < 1.29 is 4.79 Å². The predicted octanol–water partition coefficient (Wildman–Crippen LogP) is 4.91. The van der Waals surface area contributed by atoms with E-state index in [2.05, 4.69) is 42.5 Å². The minimum atomic E-state index is -2.51. The van der Waals surface area contributed by atoms with E-state index in [-0.39, 0.29) is 0 Å². The summed E-state index contributed by atoms with van der Waals surface area (Å²) in [6, 6.07) is 35.7. The van der Waals surface area contributed by atoms with E-state index in [1.165, 1.54) is 0 Å². The minimum absolute atomic E-state index is 0.494. The summed E-state index contributed by atoms with van der Waals surface area (Å²) in [6.45, 7) is 0. The number of benzene rings is 4. The molecule has 2 N–H and O–H groups in total. The third-order valence-corrected chi connectivity index (χ3v) is 10.9. The van der Waals surface area contributed by atoms with E-state index in [9.17, 15) is 4.79 Å². The Kier molecular flexibility index (Phi) is 5.72. The van der Waals surface area contributed by atoms with Crippen LogP contribution in [0.25, 0.3) is 10.9 Å². The van der Waals surface area contributed by atoms with Gasteiger partial charge in [-0.3, -0.25) is 4.57 Å². The Hall–Kier alpha value is -3.46. The number of fused-ring (bicyclic) bond motifs is 1. The first kappa shape index (κ1) is 21.4. The number of hydrogen-bond acceptors (Lipinski definition) is 2. The maximum absolute atomic E-state index is 12.8. The number of primary amides is 1. The lowest BCUT2D eigenvalue weighted by molar-refractivity contribution is 0.250.